The molecule has 0 atom stereocenters. The van der Waals surface area contributed by atoms with E-state index in [0.717, 1.165) is 6.42 Å². The third-order valence-electron chi connectivity index (χ3n) is 3.02. The average Bonchev–Trinajstić information content (AvgIpc) is 2.96. The van der Waals surface area contributed by atoms with Gasteiger partial charge < -0.3 is 10.2 Å². The molecule has 10 nitrogen and oxygen atoms in total. The molecule has 4 N–H and O–H groups in total. The molecule has 0 saturated carbocycles. The van der Waals surface area contributed by atoms with Gasteiger partial charge in [0.05, 0.1) is 6.54 Å². The van der Waals surface area contributed by atoms with Crippen LogP contribution in [0.15, 0.2) is 18.7 Å². The summed E-state index contributed by atoms with van der Waals surface area (Å²) in [6.07, 6.45) is 5.74. The Morgan fingerprint density at radius 3 is 2.90 bits per heavy atom. The number of imidazole rings is 1. The monoisotopic (exact) mass is 289 g/mol. The van der Waals surface area contributed by atoms with Gasteiger partial charge >= 0.3 is 0 Å². The number of amides is 1. The minimum Gasteiger partial charge on any atom is -0.354 e. The lowest BCUT2D eigenvalue weighted by molar-refractivity contribution is -0.119. The van der Waals surface area contributed by atoms with Gasteiger partial charge in [0.25, 0.3) is 0 Å². The smallest absolute Gasteiger partial charge is 0.243 e. The van der Waals surface area contributed by atoms with E-state index in [-0.39, 0.29) is 18.4 Å². The van der Waals surface area contributed by atoms with Gasteiger partial charge in [-0.3, -0.25) is 14.8 Å². The summed E-state index contributed by atoms with van der Waals surface area (Å²) in [4.78, 5) is 30.2. The van der Waals surface area contributed by atoms with Crippen molar-refractivity contribution in [3.63, 3.8) is 0 Å². The van der Waals surface area contributed by atoms with Gasteiger partial charge in [-0.05, 0) is 6.42 Å². The highest BCUT2D eigenvalue weighted by atomic mass is 16.2. The van der Waals surface area contributed by atoms with Gasteiger partial charge in [0.1, 0.15) is 6.33 Å². The van der Waals surface area contributed by atoms with Gasteiger partial charge in [0, 0.05) is 25.5 Å². The Hall–Kier alpha value is -2.75. The Morgan fingerprint density at radius 2 is 2.14 bits per heavy atom. The number of rotatable bonds is 3. The first kappa shape index (κ1) is 13.2. The topological polar surface area (TPSA) is 127 Å². The summed E-state index contributed by atoms with van der Waals surface area (Å²) in [5.74, 6) is 6.36. The van der Waals surface area contributed by atoms with Crippen molar-refractivity contribution in [2.45, 2.75) is 6.42 Å². The van der Waals surface area contributed by atoms with Crippen LogP contribution in [0.2, 0.25) is 0 Å². The van der Waals surface area contributed by atoms with Crippen LogP contribution in [0.25, 0.3) is 5.95 Å². The number of nitrogen functional groups attached to an aromatic ring is 1. The first-order chi connectivity index (χ1) is 10.3. The first-order valence-corrected chi connectivity index (χ1v) is 6.49. The van der Waals surface area contributed by atoms with Crippen LogP contribution in [-0.2, 0) is 4.79 Å². The molecule has 0 spiro atoms. The number of carbonyl (C=O) groups is 1. The van der Waals surface area contributed by atoms with Gasteiger partial charge in [0.15, 0.2) is 0 Å². The van der Waals surface area contributed by atoms with Crippen molar-refractivity contribution >= 4 is 17.8 Å². The summed E-state index contributed by atoms with van der Waals surface area (Å²) in [5.41, 5.74) is 2.41. The number of carbonyl (C=O) groups excluding carboxylic acids is 1. The maximum Gasteiger partial charge on any atom is 0.243 e. The van der Waals surface area contributed by atoms with Crippen molar-refractivity contribution in [3.8, 4) is 5.95 Å². The fourth-order valence-electron chi connectivity index (χ4n) is 2.03. The Morgan fingerprint density at radius 1 is 1.29 bits per heavy atom. The van der Waals surface area contributed by atoms with E-state index in [1.165, 1.54) is 0 Å². The van der Waals surface area contributed by atoms with Gasteiger partial charge in [0.2, 0.25) is 23.8 Å². The molecule has 0 radical (unpaired) electrons. The Kier molecular flexibility index (Phi) is 3.60. The molecular formula is C11H15N9O. The van der Waals surface area contributed by atoms with E-state index < -0.39 is 0 Å². The summed E-state index contributed by atoms with van der Waals surface area (Å²) in [6.45, 7) is 1.53. The third-order valence-corrected chi connectivity index (χ3v) is 3.02. The molecule has 0 bridgehead atoms. The second-order valence-electron chi connectivity index (χ2n) is 4.50. The summed E-state index contributed by atoms with van der Waals surface area (Å²) in [7, 11) is 0. The molecule has 2 aromatic heterocycles. The maximum absolute atomic E-state index is 11.7. The van der Waals surface area contributed by atoms with E-state index in [4.69, 9.17) is 5.84 Å². The Labute approximate surface area is 120 Å². The first-order valence-electron chi connectivity index (χ1n) is 6.49. The molecule has 10 heteroatoms. The number of nitrogens with zero attached hydrogens (tertiary/aromatic N) is 6. The number of nitrogens with two attached hydrogens (primary N) is 1. The molecule has 0 unspecified atom stereocenters. The van der Waals surface area contributed by atoms with E-state index in [1.807, 2.05) is 0 Å². The van der Waals surface area contributed by atoms with Gasteiger partial charge in [-0.1, -0.05) is 0 Å². The normalized spacial score (nSPS) is 15.5. The zero-order chi connectivity index (χ0) is 14.7. The largest absolute Gasteiger partial charge is 0.354 e. The number of hydrazine groups is 1. The molecular weight excluding hydrogens is 274 g/mol. The van der Waals surface area contributed by atoms with Crippen molar-refractivity contribution in [1.82, 2.24) is 29.8 Å². The summed E-state index contributed by atoms with van der Waals surface area (Å²) < 4.78 is 1.64. The van der Waals surface area contributed by atoms with Crippen LogP contribution in [0.3, 0.4) is 0 Å². The van der Waals surface area contributed by atoms with Crippen LogP contribution in [0.4, 0.5) is 11.9 Å². The van der Waals surface area contributed by atoms with E-state index in [0.29, 0.717) is 25.0 Å². The SMILES string of the molecule is NNc1nc(N2CCCNC(=O)C2)nc(-n2ccnc2)n1. The molecule has 1 aliphatic rings. The molecule has 1 aliphatic heterocycles. The van der Waals surface area contributed by atoms with Gasteiger partial charge in [-0.25, -0.2) is 10.8 Å². The summed E-state index contributed by atoms with van der Waals surface area (Å²) in [6, 6.07) is 0. The molecule has 0 aliphatic carbocycles. The number of anilines is 2. The number of aromatic nitrogens is 5. The summed E-state index contributed by atoms with van der Waals surface area (Å²) >= 11 is 0. The quantitative estimate of drug-likeness (QED) is 0.468. The second-order valence-corrected chi connectivity index (χ2v) is 4.50. The van der Waals surface area contributed by atoms with Crippen LogP contribution in [0.5, 0.6) is 0 Å². The van der Waals surface area contributed by atoms with E-state index in [9.17, 15) is 4.79 Å². The molecule has 2 aromatic rings. The third kappa shape index (κ3) is 2.89. The van der Waals surface area contributed by atoms with Crippen molar-refractivity contribution < 1.29 is 4.79 Å². The highest BCUT2D eigenvalue weighted by molar-refractivity contribution is 5.81. The Bertz CT molecular complexity index is 627. The van der Waals surface area contributed by atoms with Crippen molar-refractivity contribution in [3.05, 3.63) is 18.7 Å². The van der Waals surface area contributed by atoms with E-state index in [2.05, 4.69) is 30.7 Å². The van der Waals surface area contributed by atoms with Crippen LogP contribution in [0.1, 0.15) is 6.42 Å². The van der Waals surface area contributed by atoms with Crippen molar-refractivity contribution in [2.75, 3.05) is 30.0 Å². The average molecular weight is 289 g/mol. The van der Waals surface area contributed by atoms with Crippen molar-refractivity contribution in [1.29, 1.82) is 0 Å². The lowest BCUT2D eigenvalue weighted by Crippen LogP contribution is -2.34. The molecule has 0 aromatic carbocycles. The fourth-order valence-corrected chi connectivity index (χ4v) is 2.03. The number of hydrogen-bond acceptors (Lipinski definition) is 8. The highest BCUT2D eigenvalue weighted by Gasteiger charge is 2.19. The standard InChI is InChI=1S/C11H15N9O/c12-18-9-15-10(19-4-1-2-14-8(21)6-19)17-11(16-9)20-5-3-13-7-20/h3,5,7H,1-2,4,6,12H2,(H,14,21)(H,15,16,17,18). The van der Waals surface area contributed by atoms with E-state index >= 15 is 0 Å². The van der Waals surface area contributed by atoms with Crippen LogP contribution in [-0.4, -0.2) is 50.0 Å². The van der Waals surface area contributed by atoms with Crippen LogP contribution in [0, 0.1) is 0 Å². The number of hydrogen-bond donors (Lipinski definition) is 3. The fraction of sp³-hybridized carbons (Fsp3) is 0.364. The molecule has 1 amide bonds. The minimum absolute atomic E-state index is 0.0562. The van der Waals surface area contributed by atoms with Crippen molar-refractivity contribution in [2.24, 2.45) is 5.84 Å². The zero-order valence-corrected chi connectivity index (χ0v) is 11.2. The molecule has 1 fully saturated rings. The predicted molar refractivity (Wildman–Crippen MR) is 74.6 cm³/mol. The van der Waals surface area contributed by atoms with Crippen LogP contribution >= 0.6 is 0 Å². The summed E-state index contributed by atoms with van der Waals surface area (Å²) in [5, 5.41) is 2.81. The zero-order valence-electron chi connectivity index (χ0n) is 11.2. The number of nitrogens with one attached hydrogen (secondary N) is 2. The minimum atomic E-state index is -0.0562. The second kappa shape index (κ2) is 5.71. The molecule has 3 heterocycles. The van der Waals surface area contributed by atoms with Crippen LogP contribution < -0.4 is 21.5 Å². The maximum atomic E-state index is 11.7. The molecule has 21 heavy (non-hydrogen) atoms. The van der Waals surface area contributed by atoms with Gasteiger partial charge in [-0.15, -0.1) is 0 Å². The van der Waals surface area contributed by atoms with Gasteiger partial charge in [-0.2, -0.15) is 15.0 Å². The highest BCUT2D eigenvalue weighted by Crippen LogP contribution is 2.14. The Balaban J connectivity index is 1.97. The molecule has 110 valence electrons. The predicted octanol–water partition coefficient (Wildman–Crippen LogP) is -1.33. The van der Waals surface area contributed by atoms with E-state index in [1.54, 1.807) is 28.2 Å². The molecule has 3 rings (SSSR count). The lowest BCUT2D eigenvalue weighted by Gasteiger charge is -2.19. The lowest BCUT2D eigenvalue weighted by atomic mass is 10.4. The molecule has 1 saturated heterocycles.